The van der Waals surface area contributed by atoms with Crippen LogP contribution < -0.4 is 5.32 Å². The van der Waals surface area contributed by atoms with Gasteiger partial charge in [-0.05, 0) is 39.3 Å². The van der Waals surface area contributed by atoms with Gasteiger partial charge in [0, 0.05) is 12.0 Å². The highest BCUT2D eigenvalue weighted by molar-refractivity contribution is 6.24. The number of nitrogens with one attached hydrogen (secondary N) is 1. The summed E-state index contributed by atoms with van der Waals surface area (Å²) >= 11 is 0. The first-order chi connectivity index (χ1) is 17.6. The van der Waals surface area contributed by atoms with Gasteiger partial charge in [0.15, 0.2) is 0 Å². The van der Waals surface area contributed by atoms with E-state index in [4.69, 9.17) is 18.9 Å². The smallest absolute Gasteiger partial charge is 0.332 e. The highest BCUT2D eigenvalue weighted by atomic mass is 16.6. The molecule has 37 heavy (non-hydrogen) atoms. The zero-order valence-corrected chi connectivity index (χ0v) is 21.1. The Morgan fingerprint density at radius 3 is 2.43 bits per heavy atom. The van der Waals surface area contributed by atoms with Crippen LogP contribution in [-0.2, 0) is 33.3 Å². The Morgan fingerprint density at radius 1 is 1.03 bits per heavy atom. The maximum absolute atomic E-state index is 13.0. The Bertz CT molecular complexity index is 1130. The van der Waals surface area contributed by atoms with E-state index in [9.17, 15) is 24.0 Å². The molecule has 1 aromatic carbocycles. The molecule has 0 aromatic heterocycles. The van der Waals surface area contributed by atoms with Crippen molar-refractivity contribution < 1.29 is 42.9 Å². The second-order valence-corrected chi connectivity index (χ2v) is 9.28. The van der Waals surface area contributed by atoms with Crippen LogP contribution in [0, 0.1) is 11.8 Å². The second-order valence-electron chi connectivity index (χ2n) is 9.28. The van der Waals surface area contributed by atoms with E-state index >= 15 is 0 Å². The summed E-state index contributed by atoms with van der Waals surface area (Å²) in [6, 6.07) is 3.71. The van der Waals surface area contributed by atoms with Gasteiger partial charge in [0.1, 0.15) is 24.9 Å². The zero-order chi connectivity index (χ0) is 27.0. The van der Waals surface area contributed by atoms with Gasteiger partial charge in [-0.2, -0.15) is 0 Å². The Morgan fingerprint density at radius 2 is 1.73 bits per heavy atom. The predicted octanol–water partition coefficient (Wildman–Crippen LogP) is 0.831. The highest BCUT2D eigenvalue weighted by Gasteiger charge is 2.45. The summed E-state index contributed by atoms with van der Waals surface area (Å²) in [6.07, 6.45) is 0.138. The van der Waals surface area contributed by atoms with Crippen molar-refractivity contribution in [3.05, 3.63) is 34.9 Å². The van der Waals surface area contributed by atoms with E-state index in [0.29, 0.717) is 12.2 Å². The standard InChI is InChI=1S/C26H30N2O9/c1-26(2,3)37-21(30)16-36-15-14-35-13-12-34-11-5-7-17-6-4-8-18-22(17)25(33)28(24(18)32)19-9-10-20(29)27-23(19)31/h4,6,8,19H,9-16H2,1-3H3,(H,27,29,31). The number of fused-ring (bicyclic) bond motifs is 1. The van der Waals surface area contributed by atoms with Crippen LogP contribution >= 0.6 is 0 Å². The van der Waals surface area contributed by atoms with Crippen molar-refractivity contribution in [2.24, 2.45) is 0 Å². The zero-order valence-electron chi connectivity index (χ0n) is 21.1. The molecule has 198 valence electrons. The Labute approximate surface area is 214 Å². The SMILES string of the molecule is CC(C)(C)OC(=O)COCCOCCOCC#Cc1cccc2c1C(=O)N(C1CCC(=O)NC1=O)C2=O. The van der Waals surface area contributed by atoms with Crippen molar-refractivity contribution in [3.63, 3.8) is 0 Å². The quantitative estimate of drug-likeness (QED) is 0.208. The molecule has 2 heterocycles. The minimum Gasteiger partial charge on any atom is -0.458 e. The normalized spacial score (nSPS) is 17.3. The van der Waals surface area contributed by atoms with Gasteiger partial charge in [-0.15, -0.1) is 0 Å². The van der Waals surface area contributed by atoms with Gasteiger partial charge in [0.2, 0.25) is 11.8 Å². The Balaban J connectivity index is 1.40. The van der Waals surface area contributed by atoms with Crippen LogP contribution in [-0.4, -0.2) is 85.8 Å². The number of hydrogen-bond acceptors (Lipinski definition) is 9. The summed E-state index contributed by atoms with van der Waals surface area (Å²) in [5.41, 5.74) is 0.109. The molecule has 2 aliphatic rings. The predicted molar refractivity (Wildman–Crippen MR) is 128 cm³/mol. The molecular weight excluding hydrogens is 484 g/mol. The van der Waals surface area contributed by atoms with Gasteiger partial charge in [0.25, 0.3) is 11.8 Å². The fourth-order valence-electron chi connectivity index (χ4n) is 3.74. The number of rotatable bonds is 10. The van der Waals surface area contributed by atoms with E-state index in [1.54, 1.807) is 32.9 Å². The van der Waals surface area contributed by atoms with Crippen molar-refractivity contribution in [2.45, 2.75) is 45.3 Å². The molecule has 3 rings (SSSR count). The minimum atomic E-state index is -1.03. The van der Waals surface area contributed by atoms with Crippen molar-refractivity contribution in [2.75, 3.05) is 39.6 Å². The number of nitrogens with zero attached hydrogens (tertiary/aromatic N) is 1. The number of carbonyl (C=O) groups is 5. The first-order valence-corrected chi connectivity index (χ1v) is 11.9. The van der Waals surface area contributed by atoms with Crippen LogP contribution in [0.3, 0.4) is 0 Å². The molecule has 0 radical (unpaired) electrons. The number of esters is 1. The molecule has 4 amide bonds. The number of piperidine rings is 1. The van der Waals surface area contributed by atoms with Gasteiger partial charge in [0.05, 0.1) is 37.6 Å². The summed E-state index contributed by atoms with van der Waals surface area (Å²) in [6.45, 7) is 6.36. The van der Waals surface area contributed by atoms with Gasteiger partial charge >= 0.3 is 5.97 Å². The number of amides is 4. The largest absolute Gasteiger partial charge is 0.458 e. The van der Waals surface area contributed by atoms with Crippen LogP contribution in [0.25, 0.3) is 0 Å². The molecule has 1 atom stereocenters. The van der Waals surface area contributed by atoms with E-state index in [1.165, 1.54) is 6.07 Å². The van der Waals surface area contributed by atoms with Crippen molar-refractivity contribution in [1.82, 2.24) is 10.2 Å². The van der Waals surface area contributed by atoms with E-state index in [2.05, 4.69) is 17.2 Å². The lowest BCUT2D eigenvalue weighted by Crippen LogP contribution is -2.54. The monoisotopic (exact) mass is 514 g/mol. The third-order valence-corrected chi connectivity index (χ3v) is 5.25. The van der Waals surface area contributed by atoms with Crippen molar-refractivity contribution >= 4 is 29.6 Å². The molecule has 1 saturated heterocycles. The molecule has 11 heteroatoms. The maximum Gasteiger partial charge on any atom is 0.332 e. The first kappa shape index (κ1) is 28.0. The van der Waals surface area contributed by atoms with Crippen molar-refractivity contribution in [3.8, 4) is 11.8 Å². The van der Waals surface area contributed by atoms with Gasteiger partial charge in [-0.25, -0.2) is 4.79 Å². The number of benzene rings is 1. The molecule has 1 N–H and O–H groups in total. The highest BCUT2D eigenvalue weighted by Crippen LogP contribution is 2.29. The fraction of sp³-hybridized carbons (Fsp3) is 0.500. The second kappa shape index (κ2) is 12.6. The Kier molecular flexibility index (Phi) is 9.52. The maximum atomic E-state index is 13.0. The third-order valence-electron chi connectivity index (χ3n) is 5.25. The molecule has 0 bridgehead atoms. The molecule has 1 unspecified atom stereocenters. The molecule has 0 aliphatic carbocycles. The average Bonchev–Trinajstić information content (AvgIpc) is 3.07. The summed E-state index contributed by atoms with van der Waals surface area (Å²) in [5.74, 6) is 2.94. The summed E-state index contributed by atoms with van der Waals surface area (Å²) in [7, 11) is 0. The lowest BCUT2D eigenvalue weighted by molar-refractivity contribution is -0.160. The minimum absolute atomic E-state index is 0.0522. The number of imide groups is 2. The molecule has 11 nitrogen and oxygen atoms in total. The van der Waals surface area contributed by atoms with Crippen LogP contribution in [0.2, 0.25) is 0 Å². The number of carbonyl (C=O) groups excluding carboxylic acids is 5. The lowest BCUT2D eigenvalue weighted by atomic mass is 10.0. The topological polar surface area (TPSA) is 138 Å². The van der Waals surface area contributed by atoms with Gasteiger partial charge in [-0.3, -0.25) is 29.4 Å². The first-order valence-electron chi connectivity index (χ1n) is 11.9. The van der Waals surface area contributed by atoms with Crippen LogP contribution in [0.4, 0.5) is 0 Å². The summed E-state index contributed by atoms with van der Waals surface area (Å²) in [4.78, 5) is 61.9. The van der Waals surface area contributed by atoms with Gasteiger partial charge in [-0.1, -0.05) is 17.9 Å². The van der Waals surface area contributed by atoms with E-state index in [1.807, 2.05) is 0 Å². The van der Waals surface area contributed by atoms with E-state index in [0.717, 1.165) is 4.90 Å². The van der Waals surface area contributed by atoms with Gasteiger partial charge < -0.3 is 18.9 Å². The van der Waals surface area contributed by atoms with E-state index < -0.39 is 41.2 Å². The molecule has 0 saturated carbocycles. The molecule has 1 aromatic rings. The average molecular weight is 515 g/mol. The molecule has 0 spiro atoms. The summed E-state index contributed by atoms with van der Waals surface area (Å²) < 4.78 is 21.1. The summed E-state index contributed by atoms with van der Waals surface area (Å²) in [5, 5.41) is 2.17. The number of hydrogen-bond donors (Lipinski definition) is 1. The van der Waals surface area contributed by atoms with Crippen LogP contribution in [0.15, 0.2) is 18.2 Å². The fourth-order valence-corrected chi connectivity index (χ4v) is 3.74. The van der Waals surface area contributed by atoms with Crippen LogP contribution in [0.5, 0.6) is 0 Å². The van der Waals surface area contributed by atoms with Crippen LogP contribution in [0.1, 0.15) is 59.9 Å². The number of ether oxygens (including phenoxy) is 4. The molecule has 2 aliphatic heterocycles. The van der Waals surface area contributed by atoms with Crippen molar-refractivity contribution in [1.29, 1.82) is 0 Å². The molecule has 1 fully saturated rings. The third kappa shape index (κ3) is 7.69. The lowest BCUT2D eigenvalue weighted by Gasteiger charge is -2.27. The van der Waals surface area contributed by atoms with E-state index in [-0.39, 0.29) is 57.0 Å². The Hall–Kier alpha value is -3.59. The molecular formula is C26H30N2O9.